The fourth-order valence-corrected chi connectivity index (χ4v) is 3.05. The van der Waals surface area contributed by atoms with Crippen molar-refractivity contribution >= 4 is 29.4 Å². The first kappa shape index (κ1) is 18.1. The lowest BCUT2D eigenvalue weighted by atomic mass is 10.1. The van der Waals surface area contributed by atoms with Gasteiger partial charge in [-0.2, -0.15) is 0 Å². The number of carbonyl (C=O) groups is 3. The molecule has 26 heavy (non-hydrogen) atoms. The molecule has 2 amide bonds. The zero-order valence-electron chi connectivity index (χ0n) is 14.1. The molecule has 0 N–H and O–H groups in total. The molecule has 2 aromatic rings. The van der Waals surface area contributed by atoms with Crippen LogP contribution in [-0.2, 0) is 16.0 Å². The zero-order chi connectivity index (χ0) is 18.5. The van der Waals surface area contributed by atoms with Gasteiger partial charge in [0.1, 0.15) is 0 Å². The highest BCUT2D eigenvalue weighted by Gasteiger charge is 2.34. The van der Waals surface area contributed by atoms with Gasteiger partial charge in [0.05, 0.1) is 24.2 Å². The number of ether oxygens (including phenoxy) is 1. The van der Waals surface area contributed by atoms with Gasteiger partial charge in [-0.25, -0.2) is 0 Å². The van der Waals surface area contributed by atoms with Crippen molar-refractivity contribution in [2.45, 2.75) is 19.3 Å². The summed E-state index contributed by atoms with van der Waals surface area (Å²) < 4.78 is 5.20. The fourth-order valence-electron chi connectivity index (χ4n) is 2.85. The van der Waals surface area contributed by atoms with Crippen LogP contribution in [0.25, 0.3) is 0 Å². The molecule has 0 aromatic heterocycles. The number of fused-ring (bicyclic) bond motifs is 1. The van der Waals surface area contributed by atoms with E-state index >= 15 is 0 Å². The number of imide groups is 1. The van der Waals surface area contributed by atoms with E-state index in [-0.39, 0.29) is 30.8 Å². The van der Waals surface area contributed by atoms with E-state index in [4.69, 9.17) is 16.3 Å². The van der Waals surface area contributed by atoms with Crippen molar-refractivity contribution in [3.8, 4) is 0 Å². The number of hydrogen-bond donors (Lipinski definition) is 0. The Bertz CT molecular complexity index is 814. The Balaban J connectivity index is 1.40. The lowest BCUT2D eigenvalue weighted by Gasteiger charge is -2.13. The molecule has 0 unspecified atom stereocenters. The summed E-state index contributed by atoms with van der Waals surface area (Å²) in [5, 5.41) is 0.537. The van der Waals surface area contributed by atoms with E-state index < -0.39 is 0 Å². The van der Waals surface area contributed by atoms with Gasteiger partial charge in [0.2, 0.25) is 0 Å². The van der Waals surface area contributed by atoms with E-state index in [1.807, 2.05) is 6.07 Å². The third-order valence-electron chi connectivity index (χ3n) is 4.21. The summed E-state index contributed by atoms with van der Waals surface area (Å²) in [6, 6.07) is 13.9. The summed E-state index contributed by atoms with van der Waals surface area (Å²) in [6.45, 7) is 0.556. The van der Waals surface area contributed by atoms with Crippen LogP contribution >= 0.6 is 11.6 Å². The number of carbonyl (C=O) groups excluding carboxylic acids is 3. The van der Waals surface area contributed by atoms with E-state index in [2.05, 4.69) is 0 Å². The molecule has 5 nitrogen and oxygen atoms in total. The van der Waals surface area contributed by atoms with Crippen molar-refractivity contribution in [3.05, 3.63) is 70.2 Å². The highest BCUT2D eigenvalue weighted by atomic mass is 35.5. The maximum absolute atomic E-state index is 12.2. The normalized spacial score (nSPS) is 13.0. The molecule has 134 valence electrons. The van der Waals surface area contributed by atoms with Gasteiger partial charge in [-0.05, 0) is 36.6 Å². The molecule has 0 saturated carbocycles. The van der Waals surface area contributed by atoms with E-state index in [1.54, 1.807) is 42.5 Å². The Kier molecular flexibility index (Phi) is 5.68. The van der Waals surface area contributed by atoms with E-state index in [0.717, 1.165) is 5.56 Å². The van der Waals surface area contributed by atoms with Crippen LogP contribution in [0.2, 0.25) is 5.02 Å². The van der Waals surface area contributed by atoms with Crippen molar-refractivity contribution in [2.75, 3.05) is 13.2 Å². The fraction of sp³-hybridized carbons (Fsp3) is 0.250. The number of unbranched alkanes of at least 4 members (excludes halogenated alkanes) is 1. The molecule has 1 heterocycles. The zero-order valence-corrected chi connectivity index (χ0v) is 14.9. The maximum Gasteiger partial charge on any atom is 0.310 e. The minimum Gasteiger partial charge on any atom is -0.465 e. The first-order chi connectivity index (χ1) is 12.6. The van der Waals surface area contributed by atoms with E-state index in [9.17, 15) is 14.4 Å². The summed E-state index contributed by atoms with van der Waals surface area (Å²) in [7, 11) is 0. The van der Waals surface area contributed by atoms with Crippen LogP contribution in [0.4, 0.5) is 0 Å². The monoisotopic (exact) mass is 371 g/mol. The molecule has 2 aromatic carbocycles. The second-order valence-corrected chi connectivity index (χ2v) is 6.41. The van der Waals surface area contributed by atoms with Gasteiger partial charge in [-0.15, -0.1) is 0 Å². The molecule has 0 atom stereocenters. The Morgan fingerprint density at radius 3 is 2.19 bits per heavy atom. The Morgan fingerprint density at radius 1 is 0.923 bits per heavy atom. The second kappa shape index (κ2) is 8.15. The van der Waals surface area contributed by atoms with Crippen LogP contribution in [-0.4, -0.2) is 35.8 Å². The van der Waals surface area contributed by atoms with Crippen LogP contribution in [0.3, 0.4) is 0 Å². The molecule has 6 heteroatoms. The topological polar surface area (TPSA) is 63.7 Å². The average Bonchev–Trinajstić information content (AvgIpc) is 2.88. The molecule has 1 aliphatic rings. The van der Waals surface area contributed by atoms with E-state index in [1.165, 1.54) is 4.90 Å². The van der Waals surface area contributed by atoms with Crippen LogP contribution in [0.5, 0.6) is 0 Å². The van der Waals surface area contributed by atoms with Crippen LogP contribution in [0.1, 0.15) is 39.1 Å². The first-order valence-corrected chi connectivity index (χ1v) is 8.80. The smallest absolute Gasteiger partial charge is 0.310 e. The van der Waals surface area contributed by atoms with Gasteiger partial charge in [0.15, 0.2) is 0 Å². The van der Waals surface area contributed by atoms with Crippen molar-refractivity contribution in [3.63, 3.8) is 0 Å². The second-order valence-electron chi connectivity index (χ2n) is 6.00. The minimum atomic E-state index is -0.348. The summed E-state index contributed by atoms with van der Waals surface area (Å²) in [6.07, 6.45) is 1.27. The highest BCUT2D eigenvalue weighted by molar-refractivity contribution is 6.31. The summed E-state index contributed by atoms with van der Waals surface area (Å²) in [4.78, 5) is 37.5. The van der Waals surface area contributed by atoms with Gasteiger partial charge < -0.3 is 4.74 Å². The first-order valence-electron chi connectivity index (χ1n) is 8.42. The largest absolute Gasteiger partial charge is 0.465 e. The van der Waals surface area contributed by atoms with E-state index in [0.29, 0.717) is 35.5 Å². The van der Waals surface area contributed by atoms with Crippen molar-refractivity contribution in [1.82, 2.24) is 4.90 Å². The number of halogens is 1. The molecule has 0 spiro atoms. The lowest BCUT2D eigenvalue weighted by Crippen LogP contribution is -2.30. The number of hydrogen-bond acceptors (Lipinski definition) is 4. The predicted molar refractivity (Wildman–Crippen MR) is 97.2 cm³/mol. The van der Waals surface area contributed by atoms with Crippen molar-refractivity contribution in [1.29, 1.82) is 0 Å². The third-order valence-corrected chi connectivity index (χ3v) is 4.58. The number of esters is 1. The molecule has 0 bridgehead atoms. The maximum atomic E-state index is 12.2. The van der Waals surface area contributed by atoms with Crippen LogP contribution in [0.15, 0.2) is 48.5 Å². The molecule has 0 saturated heterocycles. The van der Waals surface area contributed by atoms with Gasteiger partial charge in [-0.1, -0.05) is 41.9 Å². The van der Waals surface area contributed by atoms with Gasteiger partial charge in [0, 0.05) is 11.6 Å². The molecule has 0 radical (unpaired) electrons. The number of amides is 2. The van der Waals surface area contributed by atoms with Gasteiger partial charge in [-0.3, -0.25) is 19.3 Å². The average molecular weight is 372 g/mol. The Morgan fingerprint density at radius 2 is 1.54 bits per heavy atom. The molecular weight excluding hydrogens is 354 g/mol. The molecule has 3 rings (SSSR count). The molecule has 0 aliphatic carbocycles. The van der Waals surface area contributed by atoms with Gasteiger partial charge in [0.25, 0.3) is 11.8 Å². The molecule has 1 aliphatic heterocycles. The highest BCUT2D eigenvalue weighted by Crippen LogP contribution is 2.22. The van der Waals surface area contributed by atoms with Gasteiger partial charge >= 0.3 is 5.97 Å². The van der Waals surface area contributed by atoms with Crippen LogP contribution in [0, 0.1) is 0 Å². The molecular formula is C20H18ClNO4. The van der Waals surface area contributed by atoms with Crippen LogP contribution < -0.4 is 0 Å². The minimum absolute atomic E-state index is 0.123. The lowest BCUT2D eigenvalue weighted by molar-refractivity contribution is -0.142. The standard InChI is InChI=1S/C20H18ClNO4/c21-17-10-4-1-7-14(17)13-18(23)26-12-6-5-11-22-19(24)15-8-2-3-9-16(15)20(22)25/h1-4,7-10H,5-6,11-13H2. The number of rotatable bonds is 7. The number of nitrogens with zero attached hydrogens (tertiary/aromatic N) is 1. The summed E-state index contributed by atoms with van der Waals surface area (Å²) >= 11 is 6.01. The number of benzene rings is 2. The summed E-state index contributed by atoms with van der Waals surface area (Å²) in [5.74, 6) is -0.874. The Labute approximate surface area is 156 Å². The third kappa shape index (κ3) is 3.94. The quantitative estimate of drug-likeness (QED) is 0.424. The SMILES string of the molecule is O=C(Cc1ccccc1Cl)OCCCCN1C(=O)c2ccccc2C1=O. The summed E-state index contributed by atoms with van der Waals surface area (Å²) in [5.41, 5.74) is 1.62. The van der Waals surface area contributed by atoms with Crippen molar-refractivity contribution in [2.24, 2.45) is 0 Å². The Hall–Kier alpha value is -2.66. The predicted octanol–water partition coefficient (Wildman–Crippen LogP) is 3.50. The molecule has 0 fully saturated rings. The van der Waals surface area contributed by atoms with Crippen molar-refractivity contribution < 1.29 is 19.1 Å².